The van der Waals surface area contributed by atoms with Gasteiger partial charge in [-0.3, -0.25) is 19.2 Å². The normalized spacial score (nSPS) is 13.2. The van der Waals surface area contributed by atoms with E-state index in [1.807, 2.05) is 237 Å². The Kier molecular flexibility index (Phi) is 32.2. The number of phenolic OH excluding ortho intramolecular Hbond substituents is 2. The first kappa shape index (κ1) is 96.1. The highest BCUT2D eigenvalue weighted by Crippen LogP contribution is 2.37. The van der Waals surface area contributed by atoms with Crippen LogP contribution < -0.4 is 36.0 Å². The summed E-state index contributed by atoms with van der Waals surface area (Å²) in [6.07, 6.45) is 0. The lowest BCUT2D eigenvalue weighted by Gasteiger charge is -2.29. The molecule has 3 heterocycles. The third kappa shape index (κ3) is 26.8. The number of carbonyl (C=O) groups is 8. The summed E-state index contributed by atoms with van der Waals surface area (Å²) in [7, 11) is 0. The van der Waals surface area contributed by atoms with E-state index in [9.17, 15) is 53.7 Å². The van der Waals surface area contributed by atoms with Crippen molar-refractivity contribution in [1.82, 2.24) is 0 Å². The van der Waals surface area contributed by atoms with Crippen molar-refractivity contribution in [3.63, 3.8) is 0 Å². The van der Waals surface area contributed by atoms with Crippen LogP contribution in [0, 0.1) is 17.4 Å². The van der Waals surface area contributed by atoms with Crippen molar-refractivity contribution in [2.45, 2.75) is 93.0 Å². The molecule has 3 aliphatic rings. The van der Waals surface area contributed by atoms with Gasteiger partial charge in [0.25, 0.3) is 23.6 Å². The number of carboxylic acid groups (broad SMARTS) is 1. The van der Waals surface area contributed by atoms with E-state index < -0.39 is 52.5 Å². The number of aryl methyl sites for hydroxylation is 2. The largest absolute Gasteiger partial charge is 0.507 e. The molecular formula is C106H108IN7O17. The lowest BCUT2D eigenvalue weighted by Crippen LogP contribution is -2.36. The van der Waals surface area contributed by atoms with E-state index in [0.717, 1.165) is 102 Å². The van der Waals surface area contributed by atoms with Gasteiger partial charge in [0.2, 0.25) is 0 Å². The fourth-order valence-electron chi connectivity index (χ4n) is 14.6. The molecule has 0 bridgehead atoms. The Labute approximate surface area is 777 Å². The van der Waals surface area contributed by atoms with Crippen LogP contribution in [0.15, 0.2) is 267 Å². The minimum Gasteiger partial charge on any atom is -0.507 e. The number of aromatic carboxylic acids is 1. The zero-order valence-electron chi connectivity index (χ0n) is 75.2. The Balaban J connectivity index is 0.000000158. The molecule has 131 heavy (non-hydrogen) atoms. The molecule has 0 aliphatic carbocycles. The molecule has 0 radical (unpaired) electrons. The van der Waals surface area contributed by atoms with Gasteiger partial charge < -0.3 is 79.7 Å². The first-order valence-corrected chi connectivity index (χ1v) is 44.1. The number of morpholine rings is 3. The van der Waals surface area contributed by atoms with E-state index in [-0.39, 0.29) is 51.3 Å². The fourth-order valence-corrected chi connectivity index (χ4v) is 15.2. The maximum absolute atomic E-state index is 13.3. The SMILES string of the molecule is CC(C)(C)OC(=O)c1ccc(-c2ccccc2)cc1NC(=O)c1ccc(N2CCOCC2)cc1O.Cc1cc(I)ccc1C(=O)Nc1cc(-c2ccccc2)ccc1C(=O)OC(C)(C)C.Cc1cc(N2CCOCC2)ccc1C(=O)Nc1cc(-c2ccccc2)ccc1C(=O)OC(C)(C)C.O=C(Nc1cc(-c2ccccc2)ccc1C(=O)O)c1ccc(N2CCOCC2)cc1O. The molecular weight excluding hydrogens is 1770 g/mol. The number of halogens is 1. The van der Waals surface area contributed by atoms with Crippen LogP contribution in [0.3, 0.4) is 0 Å². The van der Waals surface area contributed by atoms with Crippen LogP contribution in [0.4, 0.5) is 39.8 Å². The summed E-state index contributed by atoms with van der Waals surface area (Å²) in [6, 6.07) is 80.8. The van der Waals surface area contributed by atoms with Gasteiger partial charge in [0.05, 0.1) is 95.8 Å². The monoisotopic (exact) mass is 1880 g/mol. The molecule has 0 atom stereocenters. The number of ether oxygens (including phenoxy) is 6. The summed E-state index contributed by atoms with van der Waals surface area (Å²) in [5.41, 5.74) is 13.1. The number of nitrogens with one attached hydrogen (secondary N) is 4. The standard InChI is InChI=1S/C29H32N2O4.C28H30N2O5.C25H24INO3.C24H22N2O5/c1-20-18-23(31-14-16-34-17-15-31)11-13-24(20)27(32)30-26-19-22(21-8-6-5-7-9-21)10-12-25(26)28(33)35-29(2,3)4;1-28(2,3)35-27(33)22-11-9-20(19-7-5-4-6-8-19)17-24(22)29-26(32)23-12-10-21(18-25(23)31)30-13-15-34-16-14-30;1-16-14-19(26)11-13-20(16)23(28)27-22-15-18(17-8-6-5-7-9-17)10-12-21(22)24(29)30-25(2,3)4;27-22-15-18(26-10-12-31-13-11-26)7-9-20(22)23(28)25-21-14-17(6-8-19(21)24(29)30)16-4-2-1-3-5-16/h5-13,18-19H,14-17H2,1-4H3,(H,30,32);4-12,17-18,31H,13-16H2,1-3H3,(H,29,32);5-15H,1-4H3,(H,27,28);1-9,14-15,27H,10-13H2,(H,25,28)(H,29,30). The van der Waals surface area contributed by atoms with Crippen LogP contribution in [0.25, 0.3) is 44.5 Å². The Morgan fingerprint density at radius 3 is 0.809 bits per heavy atom. The summed E-state index contributed by atoms with van der Waals surface area (Å²) in [6.45, 7) is 28.5. The van der Waals surface area contributed by atoms with Crippen molar-refractivity contribution in [2.24, 2.45) is 0 Å². The quantitative estimate of drug-likeness (QED) is 0.0225. The molecule has 0 spiro atoms. The fraction of sp³-hybridized carbons (Fsp3) is 0.245. The lowest BCUT2D eigenvalue weighted by molar-refractivity contribution is 0.00580. The minimum absolute atomic E-state index is 0.0301. The molecule has 3 aliphatic heterocycles. The molecule has 3 fully saturated rings. The van der Waals surface area contributed by atoms with Crippen LogP contribution in [0.2, 0.25) is 0 Å². The topological polar surface area (TPSA) is 310 Å². The van der Waals surface area contributed by atoms with Crippen LogP contribution in [0.5, 0.6) is 11.5 Å². The van der Waals surface area contributed by atoms with Gasteiger partial charge in [0.1, 0.15) is 28.3 Å². The van der Waals surface area contributed by atoms with Gasteiger partial charge in [0.15, 0.2) is 0 Å². The Morgan fingerprint density at radius 1 is 0.298 bits per heavy atom. The molecule has 0 unspecified atom stereocenters. The highest BCUT2D eigenvalue weighted by molar-refractivity contribution is 14.1. The van der Waals surface area contributed by atoms with Crippen molar-refractivity contribution in [3.8, 4) is 56.0 Å². The molecule has 0 saturated carbocycles. The van der Waals surface area contributed by atoms with Gasteiger partial charge in [-0.1, -0.05) is 146 Å². The number of esters is 3. The number of hydrogen-bond acceptors (Lipinski definition) is 19. The number of carbonyl (C=O) groups excluding carboxylic acids is 7. The first-order valence-electron chi connectivity index (χ1n) is 43.1. The van der Waals surface area contributed by atoms with Crippen molar-refractivity contribution in [3.05, 3.63) is 326 Å². The Hall–Kier alpha value is -14.0. The van der Waals surface area contributed by atoms with Crippen LogP contribution >= 0.6 is 22.6 Å². The second-order valence-corrected chi connectivity index (χ2v) is 35.5. The van der Waals surface area contributed by atoms with E-state index in [2.05, 4.69) is 58.6 Å². The molecule has 12 aromatic rings. The number of benzene rings is 12. The number of carboxylic acids is 1. The molecule has 3 saturated heterocycles. The summed E-state index contributed by atoms with van der Waals surface area (Å²) < 4.78 is 33.9. The Bertz CT molecular complexity index is 5900. The predicted molar refractivity (Wildman–Crippen MR) is 522 cm³/mol. The average molecular weight is 1880 g/mol. The summed E-state index contributed by atoms with van der Waals surface area (Å²) in [5.74, 6) is -4.60. The Morgan fingerprint density at radius 2 is 0.542 bits per heavy atom. The number of phenols is 2. The van der Waals surface area contributed by atoms with Gasteiger partial charge in [-0.2, -0.15) is 0 Å². The third-order valence-electron chi connectivity index (χ3n) is 21.1. The van der Waals surface area contributed by atoms with Gasteiger partial charge in [-0.05, 0) is 264 Å². The maximum atomic E-state index is 13.3. The smallest absolute Gasteiger partial charge is 0.340 e. The van der Waals surface area contributed by atoms with E-state index >= 15 is 0 Å². The number of aromatic hydroxyl groups is 2. The summed E-state index contributed by atoms with van der Waals surface area (Å²) >= 11 is 2.21. The van der Waals surface area contributed by atoms with E-state index in [1.54, 1.807) is 93.6 Å². The number of hydrogen-bond donors (Lipinski definition) is 7. The molecule has 24 nitrogen and oxygen atoms in total. The number of anilines is 7. The highest BCUT2D eigenvalue weighted by atomic mass is 127. The van der Waals surface area contributed by atoms with E-state index in [4.69, 9.17) is 28.4 Å². The van der Waals surface area contributed by atoms with Gasteiger partial charge >= 0.3 is 23.9 Å². The van der Waals surface area contributed by atoms with Crippen molar-refractivity contribution < 1.29 is 82.1 Å². The highest BCUT2D eigenvalue weighted by Gasteiger charge is 2.29. The van der Waals surface area contributed by atoms with Crippen molar-refractivity contribution in [1.29, 1.82) is 0 Å². The number of nitrogens with zero attached hydrogens (tertiary/aromatic N) is 3. The van der Waals surface area contributed by atoms with Crippen LogP contribution in [-0.2, 0) is 28.4 Å². The molecule has 4 amide bonds. The molecule has 12 aromatic carbocycles. The van der Waals surface area contributed by atoms with Crippen LogP contribution in [0.1, 0.15) is 156 Å². The summed E-state index contributed by atoms with van der Waals surface area (Å²) in [4.78, 5) is 109. The number of rotatable bonds is 19. The van der Waals surface area contributed by atoms with Crippen molar-refractivity contribution in [2.75, 3.05) is 115 Å². The van der Waals surface area contributed by atoms with Gasteiger partial charge in [-0.25, -0.2) is 19.2 Å². The minimum atomic E-state index is -1.15. The maximum Gasteiger partial charge on any atom is 0.340 e. The number of amides is 4. The molecule has 25 heteroatoms. The zero-order valence-corrected chi connectivity index (χ0v) is 77.3. The summed E-state index contributed by atoms with van der Waals surface area (Å²) in [5, 5.41) is 41.9. The lowest BCUT2D eigenvalue weighted by atomic mass is 10.0. The molecule has 15 rings (SSSR count). The van der Waals surface area contributed by atoms with Gasteiger partial charge in [-0.15, -0.1) is 0 Å². The second-order valence-electron chi connectivity index (χ2n) is 34.3. The van der Waals surface area contributed by atoms with E-state index in [1.165, 1.54) is 12.1 Å². The second kappa shape index (κ2) is 43.9. The molecule has 676 valence electrons. The predicted octanol–water partition coefficient (Wildman–Crippen LogP) is 21.1. The molecule has 0 aromatic heterocycles. The van der Waals surface area contributed by atoms with Crippen LogP contribution in [-0.4, -0.2) is 159 Å². The van der Waals surface area contributed by atoms with E-state index in [0.29, 0.717) is 92.0 Å². The van der Waals surface area contributed by atoms with Gasteiger partial charge in [0, 0.05) is 83.2 Å². The zero-order chi connectivity index (χ0) is 93.7. The van der Waals surface area contributed by atoms with Crippen molar-refractivity contribution >= 4 is 110 Å². The first-order chi connectivity index (χ1) is 62.6. The molecule has 7 N–H and O–H groups in total. The average Bonchev–Trinajstić information content (AvgIpc) is 0.783. The third-order valence-corrected chi connectivity index (χ3v) is 21.7.